The third-order valence-corrected chi connectivity index (χ3v) is 7.26. The van der Waals surface area contributed by atoms with Crippen molar-refractivity contribution in [1.29, 1.82) is 0 Å². The van der Waals surface area contributed by atoms with E-state index in [-0.39, 0.29) is 18.9 Å². The molecule has 1 aliphatic carbocycles. The van der Waals surface area contributed by atoms with Crippen molar-refractivity contribution >= 4 is 17.6 Å². The Labute approximate surface area is 228 Å². The number of nitrogens with one attached hydrogen (secondary N) is 2. The largest absolute Gasteiger partial charge is 0.492 e. The zero-order valence-corrected chi connectivity index (χ0v) is 23.4. The molecule has 1 heterocycles. The Morgan fingerprint density at radius 2 is 1.49 bits per heavy atom. The van der Waals surface area contributed by atoms with Gasteiger partial charge in [0.25, 0.3) is 0 Å². The van der Waals surface area contributed by atoms with E-state index in [0.29, 0.717) is 42.3 Å². The van der Waals surface area contributed by atoms with E-state index in [9.17, 15) is 24.6 Å². The maximum Gasteiger partial charge on any atom is 0.245 e. The van der Waals surface area contributed by atoms with E-state index in [0.717, 1.165) is 11.1 Å². The summed E-state index contributed by atoms with van der Waals surface area (Å²) in [4.78, 5) is 39.3. The molecule has 1 unspecified atom stereocenters. The van der Waals surface area contributed by atoms with Gasteiger partial charge in [-0.05, 0) is 31.6 Å². The van der Waals surface area contributed by atoms with E-state index >= 15 is 0 Å². The van der Waals surface area contributed by atoms with Gasteiger partial charge in [-0.1, -0.05) is 13.8 Å². The summed E-state index contributed by atoms with van der Waals surface area (Å²) in [7, 11) is 6.02. The molecule has 4 N–H and O–H groups in total. The van der Waals surface area contributed by atoms with Crippen LogP contribution in [0.2, 0.25) is 0 Å². The highest BCUT2D eigenvalue weighted by Crippen LogP contribution is 2.52. The van der Waals surface area contributed by atoms with Gasteiger partial charge in [-0.2, -0.15) is 0 Å². The molecule has 0 bridgehead atoms. The Bertz CT molecular complexity index is 1040. The Kier molecular flexibility index (Phi) is 10.0. The van der Waals surface area contributed by atoms with Crippen LogP contribution >= 0.6 is 0 Å². The predicted molar refractivity (Wildman–Crippen MR) is 139 cm³/mol. The summed E-state index contributed by atoms with van der Waals surface area (Å²) >= 11 is 0. The third kappa shape index (κ3) is 6.23. The first-order chi connectivity index (χ1) is 18.6. The molecule has 12 heteroatoms. The Morgan fingerprint density at radius 3 is 1.95 bits per heavy atom. The molecule has 2 aliphatic rings. The number of rotatable bonds is 14. The van der Waals surface area contributed by atoms with E-state index in [4.69, 9.17) is 23.7 Å². The maximum absolute atomic E-state index is 13.3. The molecule has 39 heavy (non-hydrogen) atoms. The summed E-state index contributed by atoms with van der Waals surface area (Å²) in [5, 5.41) is 24.8. The lowest BCUT2D eigenvalue weighted by Crippen LogP contribution is -2.56. The SMILES string of the molecule is COc1c2c(c(OC)c(OC)c1OC)CC(C(=O)N[C@@H](CO)C(=O)N[C@@H](CC(C)C)C(=O)[C@@]1(CO)CO1)CC2. The van der Waals surface area contributed by atoms with Gasteiger partial charge in [0.05, 0.1) is 54.3 Å². The maximum atomic E-state index is 13.3. The van der Waals surface area contributed by atoms with Crippen molar-refractivity contribution in [3.63, 3.8) is 0 Å². The number of methoxy groups -OCH3 is 4. The molecule has 1 fully saturated rings. The topological polar surface area (TPSA) is 165 Å². The highest BCUT2D eigenvalue weighted by molar-refractivity contribution is 5.98. The van der Waals surface area contributed by atoms with Crippen LogP contribution in [0.4, 0.5) is 0 Å². The van der Waals surface area contributed by atoms with Gasteiger partial charge in [-0.3, -0.25) is 14.4 Å². The van der Waals surface area contributed by atoms with E-state index in [1.165, 1.54) is 28.4 Å². The van der Waals surface area contributed by atoms with Gasteiger partial charge in [0, 0.05) is 17.0 Å². The average Bonchev–Trinajstić information content (AvgIpc) is 3.74. The molecule has 0 aromatic heterocycles. The van der Waals surface area contributed by atoms with Gasteiger partial charge in [-0.15, -0.1) is 0 Å². The summed E-state index contributed by atoms with van der Waals surface area (Å²) in [6, 6.07) is -2.20. The number of aliphatic hydroxyl groups is 2. The molecule has 2 amide bonds. The Hall–Kier alpha value is -3.09. The van der Waals surface area contributed by atoms with E-state index in [1.54, 1.807) is 0 Å². The van der Waals surface area contributed by atoms with Crippen LogP contribution in [0.5, 0.6) is 23.0 Å². The first-order valence-electron chi connectivity index (χ1n) is 13.0. The van der Waals surface area contributed by atoms with Crippen LogP contribution in [-0.2, 0) is 32.0 Å². The van der Waals surface area contributed by atoms with Crippen LogP contribution in [0.15, 0.2) is 0 Å². The van der Waals surface area contributed by atoms with Crippen LogP contribution in [-0.4, -0.2) is 93.8 Å². The Balaban J connectivity index is 1.77. The lowest BCUT2D eigenvalue weighted by atomic mass is 9.81. The molecule has 4 atom stereocenters. The fourth-order valence-corrected chi connectivity index (χ4v) is 5.10. The fraction of sp³-hybridized carbons (Fsp3) is 0.667. The second-order valence-electron chi connectivity index (χ2n) is 10.3. The third-order valence-electron chi connectivity index (χ3n) is 7.26. The van der Waals surface area contributed by atoms with Crippen molar-refractivity contribution in [1.82, 2.24) is 10.6 Å². The van der Waals surface area contributed by atoms with E-state index in [2.05, 4.69) is 10.6 Å². The lowest BCUT2D eigenvalue weighted by molar-refractivity contribution is -0.135. The van der Waals surface area contributed by atoms with Gasteiger partial charge in [-0.25, -0.2) is 0 Å². The number of carbonyl (C=O) groups is 3. The number of carbonyl (C=O) groups excluding carboxylic acids is 3. The molecular formula is C27H40N2O10. The van der Waals surface area contributed by atoms with E-state index < -0.39 is 54.4 Å². The van der Waals surface area contributed by atoms with Crippen LogP contribution in [0.1, 0.15) is 37.8 Å². The Morgan fingerprint density at radius 1 is 0.923 bits per heavy atom. The number of hydrogen-bond acceptors (Lipinski definition) is 10. The molecule has 1 saturated heterocycles. The first kappa shape index (κ1) is 30.5. The molecular weight excluding hydrogens is 512 g/mol. The lowest BCUT2D eigenvalue weighted by Gasteiger charge is -2.30. The van der Waals surface area contributed by atoms with Crippen molar-refractivity contribution in [3.05, 3.63) is 11.1 Å². The zero-order chi connectivity index (χ0) is 28.9. The standard InChI is InChI=1S/C27H40N2O10/c1-14(2)9-18(24(32)27(12-31)13-39-27)28-26(34)19(11-30)29-25(33)15-7-8-16-17(10-15)21(36-4)23(38-6)22(37-5)20(16)35-3/h14-15,18-19,30-31H,7-13H2,1-6H3,(H,28,34)(H,29,33)/t15?,18-,19-,27+/m0/s1. The van der Waals surface area contributed by atoms with Crippen LogP contribution in [0, 0.1) is 11.8 Å². The molecule has 3 rings (SSSR count). The van der Waals surface area contributed by atoms with Crippen molar-refractivity contribution in [2.24, 2.45) is 11.8 Å². The summed E-state index contributed by atoms with van der Waals surface area (Å²) in [6.45, 7) is 2.73. The second-order valence-corrected chi connectivity index (χ2v) is 10.3. The van der Waals surface area contributed by atoms with Crippen molar-refractivity contribution in [2.45, 2.75) is 57.2 Å². The molecule has 0 spiro atoms. The fourth-order valence-electron chi connectivity index (χ4n) is 5.10. The average molecular weight is 553 g/mol. The number of amides is 2. The summed E-state index contributed by atoms with van der Waals surface area (Å²) in [5.74, 6) is -0.305. The minimum Gasteiger partial charge on any atom is -0.492 e. The minimum absolute atomic E-state index is 0.0563. The zero-order valence-electron chi connectivity index (χ0n) is 23.4. The molecule has 1 aromatic carbocycles. The van der Waals surface area contributed by atoms with Crippen LogP contribution in [0.3, 0.4) is 0 Å². The molecule has 218 valence electrons. The number of benzene rings is 1. The van der Waals surface area contributed by atoms with Gasteiger partial charge >= 0.3 is 0 Å². The monoisotopic (exact) mass is 552 g/mol. The summed E-state index contributed by atoms with van der Waals surface area (Å²) < 4.78 is 27.4. The number of ketones is 1. The van der Waals surface area contributed by atoms with Gasteiger partial charge < -0.3 is 44.5 Å². The molecule has 1 aromatic rings. The molecule has 0 radical (unpaired) electrons. The highest BCUT2D eigenvalue weighted by atomic mass is 16.6. The normalized spacial score (nSPS) is 21.3. The van der Waals surface area contributed by atoms with Crippen molar-refractivity contribution < 1.29 is 48.3 Å². The van der Waals surface area contributed by atoms with Crippen LogP contribution < -0.4 is 29.6 Å². The molecule has 0 saturated carbocycles. The van der Waals surface area contributed by atoms with Gasteiger partial charge in [0.1, 0.15) is 6.04 Å². The quantitative estimate of drug-likeness (QED) is 0.234. The minimum atomic E-state index is -1.30. The van der Waals surface area contributed by atoms with Gasteiger partial charge in [0.15, 0.2) is 22.9 Å². The van der Waals surface area contributed by atoms with Crippen LogP contribution in [0.25, 0.3) is 0 Å². The smallest absolute Gasteiger partial charge is 0.245 e. The number of fused-ring (bicyclic) bond motifs is 1. The number of hydrogen-bond donors (Lipinski definition) is 4. The van der Waals surface area contributed by atoms with Crippen molar-refractivity contribution in [3.8, 4) is 23.0 Å². The number of aliphatic hydroxyl groups excluding tert-OH is 2. The second kappa shape index (κ2) is 12.8. The highest BCUT2D eigenvalue weighted by Gasteiger charge is 2.54. The number of epoxide rings is 1. The summed E-state index contributed by atoms with van der Waals surface area (Å²) in [5.41, 5.74) is 0.289. The predicted octanol–water partition coefficient (Wildman–Crippen LogP) is 0.164. The molecule has 12 nitrogen and oxygen atoms in total. The van der Waals surface area contributed by atoms with Gasteiger partial charge in [0.2, 0.25) is 23.3 Å². The van der Waals surface area contributed by atoms with E-state index in [1.807, 2.05) is 13.8 Å². The number of ether oxygens (including phenoxy) is 5. The number of Topliss-reactive ketones (excluding diaryl/α,β-unsaturated/α-hetero) is 1. The first-order valence-corrected chi connectivity index (χ1v) is 13.0. The molecule has 1 aliphatic heterocycles. The van der Waals surface area contributed by atoms with Crippen molar-refractivity contribution in [2.75, 3.05) is 48.3 Å². The summed E-state index contributed by atoms with van der Waals surface area (Å²) in [6.07, 6.45) is 1.54.